The van der Waals surface area contributed by atoms with Gasteiger partial charge in [-0.2, -0.15) is 0 Å². The number of likely N-dealkylation sites (tertiary alicyclic amines) is 1. The molecule has 1 aromatic heterocycles. The van der Waals surface area contributed by atoms with Gasteiger partial charge in [-0.25, -0.2) is 9.78 Å². The van der Waals surface area contributed by atoms with Gasteiger partial charge in [0.05, 0.1) is 18.6 Å². The molecule has 0 spiro atoms. The van der Waals surface area contributed by atoms with Gasteiger partial charge in [0.2, 0.25) is 0 Å². The standard InChI is InChI=1S/C15H21N3O2/c19-15(20-8-10-3-4-10)18-7-1-2-11-13(18)6-5-12-14(11)17-9-16-12/h9-11,13H,1-8H2,(H,16,17). The number of carbonyl (C=O) groups excluding carboxylic acids is 1. The molecule has 5 heteroatoms. The van der Waals surface area contributed by atoms with Gasteiger partial charge < -0.3 is 14.6 Å². The second kappa shape index (κ2) is 4.79. The largest absolute Gasteiger partial charge is 0.449 e. The lowest BCUT2D eigenvalue weighted by atomic mass is 9.79. The zero-order valence-corrected chi connectivity index (χ0v) is 11.7. The number of aromatic amines is 1. The number of H-pyrrole nitrogens is 1. The molecule has 0 aromatic carbocycles. The van der Waals surface area contributed by atoms with E-state index in [4.69, 9.17) is 4.74 Å². The fourth-order valence-electron chi connectivity index (χ4n) is 3.66. The number of aromatic nitrogens is 2. The van der Waals surface area contributed by atoms with E-state index in [1.165, 1.54) is 24.2 Å². The van der Waals surface area contributed by atoms with Crippen molar-refractivity contribution in [3.05, 3.63) is 17.7 Å². The molecule has 2 fully saturated rings. The number of ether oxygens (including phenoxy) is 1. The summed E-state index contributed by atoms with van der Waals surface area (Å²) in [6, 6.07) is 0.284. The number of rotatable bonds is 2. The first kappa shape index (κ1) is 12.2. The van der Waals surface area contributed by atoms with E-state index in [1.54, 1.807) is 6.33 Å². The first-order valence-corrected chi connectivity index (χ1v) is 7.78. The number of imidazole rings is 1. The average Bonchev–Trinajstić information content (AvgIpc) is 3.18. The molecule has 1 saturated carbocycles. The van der Waals surface area contributed by atoms with Crippen LogP contribution in [0.25, 0.3) is 0 Å². The van der Waals surface area contributed by atoms with Crippen LogP contribution in [0.2, 0.25) is 0 Å². The maximum atomic E-state index is 12.3. The summed E-state index contributed by atoms with van der Waals surface area (Å²) in [6.07, 6.45) is 8.32. The molecule has 2 atom stereocenters. The molecule has 2 heterocycles. The number of carbonyl (C=O) groups is 1. The van der Waals surface area contributed by atoms with Crippen LogP contribution in [0.15, 0.2) is 6.33 Å². The van der Waals surface area contributed by atoms with E-state index in [1.807, 2.05) is 4.90 Å². The third-order valence-corrected chi connectivity index (χ3v) is 4.95. The lowest BCUT2D eigenvalue weighted by molar-refractivity contribution is 0.0579. The van der Waals surface area contributed by atoms with Crippen molar-refractivity contribution in [1.82, 2.24) is 14.9 Å². The third-order valence-electron chi connectivity index (χ3n) is 4.95. The number of nitrogens with zero attached hydrogens (tertiary/aromatic N) is 2. The van der Waals surface area contributed by atoms with Crippen molar-refractivity contribution in [2.45, 2.75) is 50.5 Å². The minimum atomic E-state index is -0.106. The van der Waals surface area contributed by atoms with Crippen LogP contribution < -0.4 is 0 Å². The molecule has 1 saturated heterocycles. The van der Waals surface area contributed by atoms with Crippen LogP contribution in [0.4, 0.5) is 4.79 Å². The molecule has 108 valence electrons. The second-order valence-electron chi connectivity index (χ2n) is 6.33. The smallest absolute Gasteiger partial charge is 0.410 e. The number of piperidine rings is 1. The number of amides is 1. The summed E-state index contributed by atoms with van der Waals surface area (Å²) in [5.74, 6) is 1.02. The summed E-state index contributed by atoms with van der Waals surface area (Å²) in [7, 11) is 0. The highest BCUT2D eigenvalue weighted by molar-refractivity contribution is 5.68. The average molecular weight is 275 g/mol. The van der Waals surface area contributed by atoms with E-state index in [2.05, 4.69) is 9.97 Å². The van der Waals surface area contributed by atoms with Gasteiger partial charge in [0.25, 0.3) is 0 Å². The van der Waals surface area contributed by atoms with Gasteiger partial charge in [0, 0.05) is 24.2 Å². The third kappa shape index (κ3) is 2.09. The Labute approximate surface area is 118 Å². The van der Waals surface area contributed by atoms with Crippen molar-refractivity contribution in [3.8, 4) is 0 Å². The van der Waals surface area contributed by atoms with Crippen molar-refractivity contribution < 1.29 is 9.53 Å². The predicted molar refractivity (Wildman–Crippen MR) is 73.4 cm³/mol. The Kier molecular flexibility index (Phi) is 2.93. The van der Waals surface area contributed by atoms with E-state index in [-0.39, 0.29) is 12.1 Å². The predicted octanol–water partition coefficient (Wildman–Crippen LogP) is 2.45. The highest BCUT2D eigenvalue weighted by Gasteiger charge is 2.40. The van der Waals surface area contributed by atoms with Gasteiger partial charge in [-0.1, -0.05) is 0 Å². The van der Waals surface area contributed by atoms with E-state index in [0.29, 0.717) is 18.4 Å². The van der Waals surface area contributed by atoms with E-state index in [0.717, 1.165) is 32.2 Å². The molecule has 2 unspecified atom stereocenters. The first-order valence-electron chi connectivity index (χ1n) is 7.78. The number of fused-ring (bicyclic) bond motifs is 3. The van der Waals surface area contributed by atoms with Crippen molar-refractivity contribution in [3.63, 3.8) is 0 Å². The lowest BCUT2D eigenvalue weighted by Crippen LogP contribution is -2.49. The Morgan fingerprint density at radius 1 is 1.40 bits per heavy atom. The van der Waals surface area contributed by atoms with E-state index in [9.17, 15) is 4.79 Å². The molecule has 5 nitrogen and oxygen atoms in total. The molecule has 1 amide bonds. The summed E-state index contributed by atoms with van der Waals surface area (Å²) >= 11 is 0. The fraction of sp³-hybridized carbons (Fsp3) is 0.733. The molecule has 20 heavy (non-hydrogen) atoms. The maximum Gasteiger partial charge on any atom is 0.410 e. The fourth-order valence-corrected chi connectivity index (χ4v) is 3.66. The molecule has 0 bridgehead atoms. The van der Waals surface area contributed by atoms with Gasteiger partial charge in [-0.3, -0.25) is 0 Å². The number of hydrogen-bond acceptors (Lipinski definition) is 3. The number of nitrogens with one attached hydrogen (secondary N) is 1. The van der Waals surface area contributed by atoms with Crippen molar-refractivity contribution in [2.24, 2.45) is 5.92 Å². The van der Waals surface area contributed by atoms with Crippen molar-refractivity contribution in [1.29, 1.82) is 0 Å². The normalized spacial score (nSPS) is 28.7. The number of hydrogen-bond donors (Lipinski definition) is 1. The highest BCUT2D eigenvalue weighted by atomic mass is 16.6. The Morgan fingerprint density at radius 3 is 3.15 bits per heavy atom. The van der Waals surface area contributed by atoms with Gasteiger partial charge in [-0.15, -0.1) is 0 Å². The van der Waals surface area contributed by atoms with E-state index >= 15 is 0 Å². The molecule has 1 aromatic rings. The van der Waals surface area contributed by atoms with Crippen LogP contribution in [0.5, 0.6) is 0 Å². The first-order chi connectivity index (χ1) is 9.83. The zero-order chi connectivity index (χ0) is 13.5. The minimum Gasteiger partial charge on any atom is -0.449 e. The van der Waals surface area contributed by atoms with Crippen LogP contribution in [0.1, 0.15) is 49.4 Å². The lowest BCUT2D eigenvalue weighted by Gasteiger charge is -2.42. The van der Waals surface area contributed by atoms with Crippen LogP contribution >= 0.6 is 0 Å². The molecule has 3 aliphatic rings. The molecular weight excluding hydrogens is 254 g/mol. The second-order valence-corrected chi connectivity index (χ2v) is 6.33. The highest BCUT2D eigenvalue weighted by Crippen LogP contribution is 2.39. The minimum absolute atomic E-state index is 0.106. The van der Waals surface area contributed by atoms with Gasteiger partial charge in [0.1, 0.15) is 0 Å². The van der Waals surface area contributed by atoms with Crippen LogP contribution in [0, 0.1) is 5.92 Å². The molecule has 2 aliphatic carbocycles. The van der Waals surface area contributed by atoms with Crippen LogP contribution in [0.3, 0.4) is 0 Å². The van der Waals surface area contributed by atoms with E-state index < -0.39 is 0 Å². The molecule has 1 aliphatic heterocycles. The van der Waals surface area contributed by atoms with Gasteiger partial charge >= 0.3 is 6.09 Å². The zero-order valence-electron chi connectivity index (χ0n) is 11.7. The topological polar surface area (TPSA) is 58.2 Å². The Balaban J connectivity index is 1.49. The van der Waals surface area contributed by atoms with Crippen molar-refractivity contribution >= 4 is 6.09 Å². The summed E-state index contributed by atoms with van der Waals surface area (Å²) < 4.78 is 5.48. The molecule has 4 rings (SSSR count). The summed E-state index contributed by atoms with van der Waals surface area (Å²) in [4.78, 5) is 22.0. The Bertz CT molecular complexity index is 509. The quantitative estimate of drug-likeness (QED) is 0.902. The Hall–Kier alpha value is -1.52. The summed E-state index contributed by atoms with van der Waals surface area (Å²) in [6.45, 7) is 1.45. The van der Waals surface area contributed by atoms with Gasteiger partial charge in [-0.05, 0) is 44.4 Å². The van der Waals surface area contributed by atoms with Crippen LogP contribution in [-0.4, -0.2) is 40.2 Å². The molecule has 0 radical (unpaired) electrons. The number of aryl methyl sites for hydroxylation is 1. The summed E-state index contributed by atoms with van der Waals surface area (Å²) in [5, 5.41) is 0. The summed E-state index contributed by atoms with van der Waals surface area (Å²) in [5.41, 5.74) is 2.44. The molecular formula is C15H21N3O2. The Morgan fingerprint density at radius 2 is 2.30 bits per heavy atom. The van der Waals surface area contributed by atoms with Crippen molar-refractivity contribution in [2.75, 3.05) is 13.2 Å². The van der Waals surface area contributed by atoms with Gasteiger partial charge in [0.15, 0.2) is 0 Å². The SMILES string of the molecule is O=C(OCC1CC1)N1CCCC2c3nc[nH]c3CCC21. The maximum absolute atomic E-state index is 12.3. The monoisotopic (exact) mass is 275 g/mol. The molecule has 1 N–H and O–H groups in total. The van der Waals surface area contributed by atoms with Crippen LogP contribution in [-0.2, 0) is 11.2 Å².